The molecule has 4 heteroatoms. The summed E-state index contributed by atoms with van der Waals surface area (Å²) in [5.41, 5.74) is 0.465. The Kier molecular flexibility index (Phi) is 4.22. The van der Waals surface area contributed by atoms with E-state index in [0.29, 0.717) is 13.0 Å². The van der Waals surface area contributed by atoms with Gasteiger partial charge in [-0.3, -0.25) is 0 Å². The highest BCUT2D eigenvalue weighted by Gasteiger charge is 2.20. The summed E-state index contributed by atoms with van der Waals surface area (Å²) < 4.78 is 7.02. The average molecular weight is 260 g/mol. The molecule has 0 aliphatic heterocycles. The molecule has 1 N–H and O–H groups in total. The first-order valence-corrected chi connectivity index (χ1v) is 6.40. The summed E-state index contributed by atoms with van der Waals surface area (Å²) in [7, 11) is 1.66. The van der Waals surface area contributed by atoms with E-state index in [1.54, 1.807) is 19.6 Å². The van der Waals surface area contributed by atoms with Gasteiger partial charge in [-0.15, -0.1) is 0 Å². The third-order valence-electron chi connectivity index (χ3n) is 3.19. The van der Waals surface area contributed by atoms with E-state index in [9.17, 15) is 5.11 Å². The first-order valence-electron chi connectivity index (χ1n) is 6.40. The molecular weight excluding hydrogens is 240 g/mol. The Bertz CT molecular complexity index is 489. The van der Waals surface area contributed by atoms with Crippen molar-refractivity contribution in [3.63, 3.8) is 0 Å². The van der Waals surface area contributed by atoms with E-state index >= 15 is 0 Å². The SMILES string of the molecule is COc1ccc(CCC(C)(O)Cn2ccnc2)cc1. The fraction of sp³-hybridized carbons (Fsp3) is 0.400. The standard InChI is InChI=1S/C15H20N2O2/c1-15(18,11-17-10-9-16-12-17)8-7-13-3-5-14(19-2)6-4-13/h3-6,9-10,12,18H,7-8,11H2,1-2H3. The van der Waals surface area contributed by atoms with Gasteiger partial charge < -0.3 is 14.4 Å². The number of imidazole rings is 1. The fourth-order valence-corrected chi connectivity index (χ4v) is 2.06. The number of nitrogens with zero attached hydrogens (tertiary/aromatic N) is 2. The van der Waals surface area contributed by atoms with Crippen molar-refractivity contribution in [3.05, 3.63) is 48.5 Å². The number of aryl methyl sites for hydroxylation is 1. The van der Waals surface area contributed by atoms with E-state index in [1.807, 2.05) is 42.0 Å². The number of ether oxygens (including phenoxy) is 1. The molecule has 0 fully saturated rings. The Balaban J connectivity index is 1.89. The smallest absolute Gasteiger partial charge is 0.118 e. The molecule has 1 unspecified atom stereocenters. The van der Waals surface area contributed by atoms with Crippen molar-refractivity contribution in [2.24, 2.45) is 0 Å². The summed E-state index contributed by atoms with van der Waals surface area (Å²) >= 11 is 0. The fourth-order valence-electron chi connectivity index (χ4n) is 2.06. The number of hydrogen-bond donors (Lipinski definition) is 1. The van der Waals surface area contributed by atoms with Gasteiger partial charge in [0.15, 0.2) is 0 Å². The molecule has 0 aliphatic carbocycles. The van der Waals surface area contributed by atoms with Crippen molar-refractivity contribution < 1.29 is 9.84 Å². The van der Waals surface area contributed by atoms with Crippen LogP contribution in [0.3, 0.4) is 0 Å². The van der Waals surface area contributed by atoms with E-state index in [2.05, 4.69) is 4.98 Å². The van der Waals surface area contributed by atoms with Gasteiger partial charge in [0.2, 0.25) is 0 Å². The molecule has 2 rings (SSSR count). The molecule has 2 aromatic rings. The highest BCUT2D eigenvalue weighted by atomic mass is 16.5. The predicted octanol–water partition coefficient (Wildman–Crippen LogP) is 2.28. The highest BCUT2D eigenvalue weighted by molar-refractivity contribution is 5.27. The van der Waals surface area contributed by atoms with Crippen LogP contribution in [0.25, 0.3) is 0 Å². The van der Waals surface area contributed by atoms with Crippen molar-refractivity contribution >= 4 is 0 Å². The van der Waals surface area contributed by atoms with E-state index in [1.165, 1.54) is 5.56 Å². The highest BCUT2D eigenvalue weighted by Crippen LogP contribution is 2.18. The summed E-state index contributed by atoms with van der Waals surface area (Å²) in [6.07, 6.45) is 6.85. The van der Waals surface area contributed by atoms with Gasteiger partial charge in [0, 0.05) is 12.4 Å². The Labute approximate surface area is 113 Å². The quantitative estimate of drug-likeness (QED) is 0.866. The zero-order chi connectivity index (χ0) is 13.7. The minimum absolute atomic E-state index is 0.559. The van der Waals surface area contributed by atoms with Gasteiger partial charge in [-0.25, -0.2) is 4.98 Å². The van der Waals surface area contributed by atoms with Gasteiger partial charge in [-0.05, 0) is 37.5 Å². The number of benzene rings is 1. The minimum atomic E-state index is -0.735. The summed E-state index contributed by atoms with van der Waals surface area (Å²) in [5.74, 6) is 0.855. The summed E-state index contributed by atoms with van der Waals surface area (Å²) in [4.78, 5) is 3.98. The first-order chi connectivity index (χ1) is 9.09. The maximum Gasteiger partial charge on any atom is 0.118 e. The van der Waals surface area contributed by atoms with E-state index < -0.39 is 5.60 Å². The molecule has 0 saturated heterocycles. The molecule has 0 saturated carbocycles. The van der Waals surface area contributed by atoms with Crippen LogP contribution in [0.15, 0.2) is 43.0 Å². The van der Waals surface area contributed by atoms with E-state index in [4.69, 9.17) is 4.74 Å². The lowest BCUT2D eigenvalue weighted by molar-refractivity contribution is 0.0334. The van der Waals surface area contributed by atoms with Crippen LogP contribution in [0.5, 0.6) is 5.75 Å². The lowest BCUT2D eigenvalue weighted by Crippen LogP contribution is -2.30. The zero-order valence-electron chi connectivity index (χ0n) is 11.4. The van der Waals surface area contributed by atoms with Gasteiger partial charge in [-0.1, -0.05) is 12.1 Å². The van der Waals surface area contributed by atoms with Gasteiger partial charge in [0.05, 0.1) is 25.6 Å². The van der Waals surface area contributed by atoms with Crippen LogP contribution in [-0.4, -0.2) is 27.4 Å². The normalized spacial score (nSPS) is 14.1. The second-order valence-corrected chi connectivity index (χ2v) is 5.08. The topological polar surface area (TPSA) is 47.3 Å². The largest absolute Gasteiger partial charge is 0.497 e. The lowest BCUT2D eigenvalue weighted by Gasteiger charge is -2.23. The Morgan fingerprint density at radius 2 is 2.05 bits per heavy atom. The predicted molar refractivity (Wildman–Crippen MR) is 74.2 cm³/mol. The van der Waals surface area contributed by atoms with Crippen molar-refractivity contribution in [2.45, 2.75) is 31.9 Å². The second-order valence-electron chi connectivity index (χ2n) is 5.08. The Morgan fingerprint density at radius 1 is 1.32 bits per heavy atom. The molecule has 0 aliphatic rings. The summed E-state index contributed by atoms with van der Waals surface area (Å²) in [6, 6.07) is 7.96. The Hall–Kier alpha value is -1.81. The van der Waals surface area contributed by atoms with Crippen LogP contribution in [0, 0.1) is 0 Å². The minimum Gasteiger partial charge on any atom is -0.497 e. The molecule has 0 bridgehead atoms. The van der Waals surface area contributed by atoms with Crippen LogP contribution < -0.4 is 4.74 Å². The maximum absolute atomic E-state index is 10.4. The molecule has 4 nitrogen and oxygen atoms in total. The Morgan fingerprint density at radius 3 is 2.63 bits per heavy atom. The first kappa shape index (κ1) is 13.6. The van der Waals surface area contributed by atoms with Crippen molar-refractivity contribution in [2.75, 3.05) is 7.11 Å². The molecule has 19 heavy (non-hydrogen) atoms. The summed E-state index contributed by atoms with van der Waals surface area (Å²) in [6.45, 7) is 2.42. The molecule has 102 valence electrons. The molecule has 0 radical (unpaired) electrons. The zero-order valence-corrected chi connectivity index (χ0v) is 11.4. The van der Waals surface area contributed by atoms with Crippen molar-refractivity contribution in [1.29, 1.82) is 0 Å². The number of aromatic nitrogens is 2. The van der Waals surface area contributed by atoms with Crippen LogP contribution in [0.4, 0.5) is 0 Å². The molecule has 0 amide bonds. The molecule has 1 aromatic heterocycles. The molecule has 1 atom stereocenters. The van der Waals surface area contributed by atoms with E-state index in [0.717, 1.165) is 12.2 Å². The average Bonchev–Trinajstić information content (AvgIpc) is 2.89. The molecular formula is C15H20N2O2. The van der Waals surface area contributed by atoms with Crippen molar-refractivity contribution in [1.82, 2.24) is 9.55 Å². The third-order valence-corrected chi connectivity index (χ3v) is 3.19. The molecule has 1 heterocycles. The number of aliphatic hydroxyl groups is 1. The van der Waals surface area contributed by atoms with Crippen molar-refractivity contribution in [3.8, 4) is 5.75 Å². The second kappa shape index (κ2) is 5.89. The van der Waals surface area contributed by atoms with Gasteiger partial charge in [0.25, 0.3) is 0 Å². The van der Waals surface area contributed by atoms with Crippen LogP contribution in [0.2, 0.25) is 0 Å². The number of hydrogen-bond acceptors (Lipinski definition) is 3. The molecule has 0 spiro atoms. The monoisotopic (exact) mass is 260 g/mol. The summed E-state index contributed by atoms with van der Waals surface area (Å²) in [5, 5.41) is 10.4. The number of rotatable bonds is 6. The third kappa shape index (κ3) is 4.10. The van der Waals surface area contributed by atoms with Gasteiger partial charge in [-0.2, -0.15) is 0 Å². The van der Waals surface area contributed by atoms with Gasteiger partial charge >= 0.3 is 0 Å². The number of methoxy groups -OCH3 is 1. The van der Waals surface area contributed by atoms with Crippen LogP contribution in [0.1, 0.15) is 18.9 Å². The lowest BCUT2D eigenvalue weighted by atomic mass is 9.96. The maximum atomic E-state index is 10.4. The van der Waals surface area contributed by atoms with Crippen LogP contribution >= 0.6 is 0 Å². The van der Waals surface area contributed by atoms with Crippen LogP contribution in [-0.2, 0) is 13.0 Å². The van der Waals surface area contributed by atoms with Gasteiger partial charge in [0.1, 0.15) is 5.75 Å². The molecule has 1 aromatic carbocycles. The van der Waals surface area contributed by atoms with E-state index in [-0.39, 0.29) is 0 Å².